The van der Waals surface area contributed by atoms with E-state index < -0.39 is 9.84 Å². The second-order valence-electron chi connectivity index (χ2n) is 3.40. The van der Waals surface area contributed by atoms with E-state index in [9.17, 15) is 13.2 Å². The largest absolute Gasteiger partial charge is 0.338 e. The molecule has 1 amide bonds. The van der Waals surface area contributed by atoms with Gasteiger partial charge in [0.05, 0.1) is 11.5 Å². The summed E-state index contributed by atoms with van der Waals surface area (Å²) in [6.07, 6.45) is 0.449. The molecule has 0 aromatic carbocycles. The van der Waals surface area contributed by atoms with E-state index >= 15 is 0 Å². The van der Waals surface area contributed by atoms with Crippen LogP contribution in [0, 0.1) is 0 Å². The maximum absolute atomic E-state index is 11.3. The van der Waals surface area contributed by atoms with Crippen LogP contribution >= 0.6 is 0 Å². The van der Waals surface area contributed by atoms with Crippen LogP contribution in [0.4, 0.5) is 0 Å². The van der Waals surface area contributed by atoms with Gasteiger partial charge in [0.2, 0.25) is 5.91 Å². The fourth-order valence-electron chi connectivity index (χ4n) is 1.57. The van der Waals surface area contributed by atoms with E-state index in [0.717, 1.165) is 0 Å². The summed E-state index contributed by atoms with van der Waals surface area (Å²) >= 11 is 0. The highest BCUT2D eigenvalue weighted by atomic mass is 32.2. The van der Waals surface area contributed by atoms with Gasteiger partial charge in [0.1, 0.15) is 0 Å². The lowest BCUT2D eigenvalue weighted by molar-refractivity contribution is -0.132. The van der Waals surface area contributed by atoms with Gasteiger partial charge in [-0.3, -0.25) is 4.79 Å². The number of sulfone groups is 1. The normalized spacial score (nSPS) is 27.2. The van der Waals surface area contributed by atoms with Crippen LogP contribution in [0.15, 0.2) is 0 Å². The highest BCUT2D eigenvalue weighted by Crippen LogP contribution is 2.12. The average molecular weight is 205 g/mol. The van der Waals surface area contributed by atoms with Crippen LogP contribution in [0.3, 0.4) is 0 Å². The minimum absolute atomic E-state index is 0.0439. The van der Waals surface area contributed by atoms with E-state index in [-0.39, 0.29) is 23.5 Å². The SMILES string of the molecule is CCC(=O)N1CCS(=O)(=O)CC1C. The van der Waals surface area contributed by atoms with Crippen molar-refractivity contribution in [2.45, 2.75) is 26.3 Å². The maximum atomic E-state index is 11.3. The first-order valence-corrected chi connectivity index (χ1v) is 6.28. The molecule has 0 aromatic heterocycles. The Balaban J connectivity index is 2.69. The van der Waals surface area contributed by atoms with Crippen LogP contribution in [0.2, 0.25) is 0 Å². The first-order chi connectivity index (χ1) is 5.96. The van der Waals surface area contributed by atoms with Gasteiger partial charge >= 0.3 is 0 Å². The number of nitrogens with zero attached hydrogens (tertiary/aromatic N) is 1. The molecule has 1 aliphatic rings. The summed E-state index contributed by atoms with van der Waals surface area (Å²) in [4.78, 5) is 13.0. The van der Waals surface area contributed by atoms with Crippen LogP contribution in [0.1, 0.15) is 20.3 Å². The molecule has 0 N–H and O–H groups in total. The van der Waals surface area contributed by atoms with Crippen LogP contribution < -0.4 is 0 Å². The average Bonchev–Trinajstić information content (AvgIpc) is 2.01. The lowest BCUT2D eigenvalue weighted by Crippen LogP contribution is -2.49. The highest BCUT2D eigenvalue weighted by Gasteiger charge is 2.30. The molecule has 0 aliphatic carbocycles. The van der Waals surface area contributed by atoms with Gasteiger partial charge in [0, 0.05) is 19.0 Å². The number of amides is 1. The van der Waals surface area contributed by atoms with Gasteiger partial charge in [0.25, 0.3) is 0 Å². The molecule has 1 aliphatic heterocycles. The zero-order valence-corrected chi connectivity index (χ0v) is 8.80. The molecular weight excluding hydrogens is 190 g/mol. The van der Waals surface area contributed by atoms with Crippen LogP contribution in [0.5, 0.6) is 0 Å². The summed E-state index contributed by atoms with van der Waals surface area (Å²) in [7, 11) is -2.90. The molecule has 76 valence electrons. The van der Waals surface area contributed by atoms with Gasteiger partial charge < -0.3 is 4.90 Å². The molecule has 0 radical (unpaired) electrons. The third-order valence-corrected chi connectivity index (χ3v) is 4.09. The van der Waals surface area contributed by atoms with Crippen molar-refractivity contribution in [2.75, 3.05) is 18.1 Å². The van der Waals surface area contributed by atoms with Crippen molar-refractivity contribution in [1.82, 2.24) is 4.90 Å². The van der Waals surface area contributed by atoms with E-state index in [2.05, 4.69) is 0 Å². The molecule has 4 nitrogen and oxygen atoms in total. The molecule has 0 spiro atoms. The van der Waals surface area contributed by atoms with Crippen LogP contribution in [-0.2, 0) is 14.6 Å². The summed E-state index contributed by atoms with van der Waals surface area (Å²) in [6.45, 7) is 3.93. The second-order valence-corrected chi connectivity index (χ2v) is 5.63. The maximum Gasteiger partial charge on any atom is 0.222 e. The molecule has 1 rings (SSSR count). The van der Waals surface area contributed by atoms with Gasteiger partial charge in [-0.2, -0.15) is 0 Å². The van der Waals surface area contributed by atoms with Crippen molar-refractivity contribution < 1.29 is 13.2 Å². The minimum Gasteiger partial charge on any atom is -0.338 e. The minimum atomic E-state index is -2.90. The molecule has 1 heterocycles. The van der Waals surface area contributed by atoms with Crippen molar-refractivity contribution in [3.05, 3.63) is 0 Å². The smallest absolute Gasteiger partial charge is 0.222 e. The molecule has 5 heteroatoms. The van der Waals surface area contributed by atoms with Gasteiger partial charge in [-0.15, -0.1) is 0 Å². The summed E-state index contributed by atoms with van der Waals surface area (Å²) in [5.41, 5.74) is 0. The van der Waals surface area contributed by atoms with Crippen molar-refractivity contribution in [2.24, 2.45) is 0 Å². The number of carbonyl (C=O) groups excluding carboxylic acids is 1. The summed E-state index contributed by atoms with van der Waals surface area (Å²) < 4.78 is 22.4. The predicted molar refractivity (Wildman–Crippen MR) is 50.1 cm³/mol. The molecule has 1 atom stereocenters. The fraction of sp³-hybridized carbons (Fsp3) is 0.875. The lowest BCUT2D eigenvalue weighted by Gasteiger charge is -2.32. The Hall–Kier alpha value is -0.580. The Kier molecular flexibility index (Phi) is 2.95. The Morgan fingerprint density at radius 1 is 1.54 bits per heavy atom. The molecule has 1 unspecified atom stereocenters. The molecule has 1 fully saturated rings. The van der Waals surface area contributed by atoms with Crippen LogP contribution in [0.25, 0.3) is 0 Å². The molecule has 13 heavy (non-hydrogen) atoms. The number of hydrogen-bond donors (Lipinski definition) is 0. The molecule has 0 aromatic rings. The topological polar surface area (TPSA) is 54.5 Å². The van der Waals surface area contributed by atoms with E-state index in [1.54, 1.807) is 18.7 Å². The lowest BCUT2D eigenvalue weighted by atomic mass is 10.3. The number of carbonyl (C=O) groups is 1. The summed E-state index contributed by atoms with van der Waals surface area (Å²) in [6, 6.07) is -0.161. The van der Waals surface area contributed by atoms with Crippen molar-refractivity contribution >= 4 is 15.7 Å². The Bertz CT molecular complexity index is 297. The van der Waals surface area contributed by atoms with E-state index in [4.69, 9.17) is 0 Å². The molecular formula is C8H15NO3S. The molecule has 1 saturated heterocycles. The highest BCUT2D eigenvalue weighted by molar-refractivity contribution is 7.91. The van der Waals surface area contributed by atoms with E-state index in [0.29, 0.717) is 13.0 Å². The third-order valence-electron chi connectivity index (χ3n) is 2.29. The van der Waals surface area contributed by atoms with Gasteiger partial charge in [-0.05, 0) is 6.92 Å². The van der Waals surface area contributed by atoms with Crippen molar-refractivity contribution in [1.29, 1.82) is 0 Å². The zero-order chi connectivity index (χ0) is 10.1. The number of rotatable bonds is 1. The summed E-state index contributed by atoms with van der Waals surface area (Å²) in [5.74, 6) is 0.268. The fourth-order valence-corrected chi connectivity index (χ4v) is 3.13. The van der Waals surface area contributed by atoms with Crippen LogP contribution in [-0.4, -0.2) is 43.3 Å². The Morgan fingerprint density at radius 2 is 2.15 bits per heavy atom. The standard InChI is InChI=1S/C8H15NO3S/c1-3-8(10)9-4-5-13(11,12)6-7(9)2/h7H,3-6H2,1-2H3. The Morgan fingerprint density at radius 3 is 2.62 bits per heavy atom. The zero-order valence-electron chi connectivity index (χ0n) is 7.99. The monoisotopic (exact) mass is 205 g/mol. The van der Waals surface area contributed by atoms with Gasteiger partial charge in [-0.1, -0.05) is 6.92 Å². The predicted octanol–water partition coefficient (Wildman–Crippen LogP) is 0.0419. The van der Waals surface area contributed by atoms with Gasteiger partial charge in [-0.25, -0.2) is 8.42 Å². The molecule has 0 saturated carbocycles. The van der Waals surface area contributed by atoms with Gasteiger partial charge in [0.15, 0.2) is 9.84 Å². The third kappa shape index (κ3) is 2.43. The van der Waals surface area contributed by atoms with Crippen molar-refractivity contribution in [3.63, 3.8) is 0 Å². The second kappa shape index (κ2) is 3.65. The summed E-state index contributed by atoms with van der Waals surface area (Å²) in [5, 5.41) is 0. The Labute approximate surface area is 78.8 Å². The van der Waals surface area contributed by atoms with E-state index in [1.807, 2.05) is 0 Å². The first-order valence-electron chi connectivity index (χ1n) is 4.46. The number of hydrogen-bond acceptors (Lipinski definition) is 3. The molecule has 0 bridgehead atoms. The first kappa shape index (κ1) is 10.5. The van der Waals surface area contributed by atoms with Crippen molar-refractivity contribution in [3.8, 4) is 0 Å². The quantitative estimate of drug-likeness (QED) is 0.607. The van der Waals surface area contributed by atoms with E-state index in [1.165, 1.54) is 0 Å².